The molecule has 5 rings (SSSR count). The van der Waals surface area contributed by atoms with Gasteiger partial charge in [-0.15, -0.1) is 0 Å². The van der Waals surface area contributed by atoms with Gasteiger partial charge in [0.25, 0.3) is 5.56 Å². The lowest BCUT2D eigenvalue weighted by Crippen LogP contribution is -2.19. The number of pyridine rings is 1. The second kappa shape index (κ2) is 8.16. The maximum atomic E-state index is 12.3. The van der Waals surface area contributed by atoms with Gasteiger partial charge in [-0.25, -0.2) is 4.98 Å². The Morgan fingerprint density at radius 2 is 1.94 bits per heavy atom. The molecule has 2 N–H and O–H groups in total. The van der Waals surface area contributed by atoms with Gasteiger partial charge in [-0.05, 0) is 42.9 Å². The average Bonchev–Trinajstić information content (AvgIpc) is 3.28. The van der Waals surface area contributed by atoms with Crippen molar-refractivity contribution >= 4 is 0 Å². The fourth-order valence-corrected chi connectivity index (χ4v) is 3.87. The number of nitrogens with zero attached hydrogens (tertiary/aromatic N) is 4. The quantitative estimate of drug-likeness (QED) is 0.492. The predicted octanol–water partition coefficient (Wildman–Crippen LogP) is 4.30. The van der Waals surface area contributed by atoms with Crippen LogP contribution in [-0.2, 0) is 6.54 Å². The summed E-state index contributed by atoms with van der Waals surface area (Å²) in [6, 6.07) is 13.1. The van der Waals surface area contributed by atoms with Gasteiger partial charge in [0.2, 0.25) is 0 Å². The molecular weight excluding hydrogens is 402 g/mol. The number of hydrogen-bond acceptors (Lipinski definition) is 6. The first-order valence-electron chi connectivity index (χ1n) is 10.8. The van der Waals surface area contributed by atoms with Crippen LogP contribution in [0.2, 0.25) is 0 Å². The zero-order chi connectivity index (χ0) is 22.2. The molecule has 3 heterocycles. The van der Waals surface area contributed by atoms with Crippen molar-refractivity contribution in [2.24, 2.45) is 17.6 Å². The van der Waals surface area contributed by atoms with Crippen molar-refractivity contribution in [3.63, 3.8) is 0 Å². The van der Waals surface area contributed by atoms with Crippen molar-refractivity contribution in [2.45, 2.75) is 32.9 Å². The van der Waals surface area contributed by atoms with Crippen molar-refractivity contribution < 1.29 is 4.52 Å². The number of benzene rings is 1. The van der Waals surface area contributed by atoms with Gasteiger partial charge in [-0.1, -0.05) is 30.3 Å². The molecular formula is C25H25N5O2. The fourth-order valence-electron chi connectivity index (χ4n) is 3.87. The van der Waals surface area contributed by atoms with E-state index in [0.29, 0.717) is 34.7 Å². The molecule has 32 heavy (non-hydrogen) atoms. The van der Waals surface area contributed by atoms with E-state index in [-0.39, 0.29) is 11.6 Å². The summed E-state index contributed by atoms with van der Waals surface area (Å²) >= 11 is 0. The maximum absolute atomic E-state index is 12.3. The van der Waals surface area contributed by atoms with Crippen LogP contribution in [-0.4, -0.2) is 19.7 Å². The molecule has 1 fully saturated rings. The van der Waals surface area contributed by atoms with E-state index in [2.05, 4.69) is 17.1 Å². The van der Waals surface area contributed by atoms with Crippen molar-refractivity contribution in [3.05, 3.63) is 77.0 Å². The first kappa shape index (κ1) is 20.3. The van der Waals surface area contributed by atoms with E-state index in [1.54, 1.807) is 29.1 Å². The highest BCUT2D eigenvalue weighted by Crippen LogP contribution is 2.38. The molecule has 3 atom stereocenters. The third-order valence-corrected chi connectivity index (χ3v) is 6.09. The Bertz CT molecular complexity index is 1320. The normalized spacial score (nSPS) is 18.5. The number of rotatable bonds is 6. The number of nitrogens with two attached hydrogens (primary N) is 1. The average molecular weight is 428 g/mol. The smallest absolute Gasteiger partial charge is 0.250 e. The first-order chi connectivity index (χ1) is 15.5. The van der Waals surface area contributed by atoms with Crippen LogP contribution in [0.3, 0.4) is 0 Å². The van der Waals surface area contributed by atoms with Crippen LogP contribution >= 0.6 is 0 Å². The highest BCUT2D eigenvalue weighted by atomic mass is 16.5. The van der Waals surface area contributed by atoms with Crippen LogP contribution in [0, 0.1) is 11.8 Å². The minimum atomic E-state index is -0.0599. The van der Waals surface area contributed by atoms with Crippen LogP contribution in [0.25, 0.3) is 34.0 Å². The van der Waals surface area contributed by atoms with Crippen molar-refractivity contribution in [3.8, 4) is 34.0 Å². The van der Waals surface area contributed by atoms with Gasteiger partial charge in [0.1, 0.15) is 11.4 Å². The number of hydrogen-bond donors (Lipinski definition) is 1. The molecule has 4 aromatic rings. The largest absolute Gasteiger partial charge is 0.354 e. The monoisotopic (exact) mass is 427 g/mol. The first-order valence-corrected chi connectivity index (χ1v) is 10.8. The van der Waals surface area contributed by atoms with Crippen molar-refractivity contribution in [1.82, 2.24) is 19.7 Å². The van der Waals surface area contributed by atoms with E-state index in [1.807, 2.05) is 43.5 Å². The van der Waals surface area contributed by atoms with Crippen LogP contribution in [0.1, 0.15) is 31.9 Å². The summed E-state index contributed by atoms with van der Waals surface area (Å²) in [6.07, 6.45) is 6.38. The van der Waals surface area contributed by atoms with Crippen LogP contribution in [0.15, 0.2) is 70.4 Å². The standard InChI is InChI=1S/C25H25N5O2/c1-15-8-20(15)14-30-13-19(6-7-25(30)31)22-11-27-12-23(28-22)24-10-21(29-32-24)18-5-3-4-17(9-18)16(2)26/h3-7,9-13,15-16,20H,8,14,26H2,1-2H3. The Balaban J connectivity index is 1.44. The molecule has 3 aromatic heterocycles. The Labute approximate surface area is 185 Å². The molecule has 0 aliphatic heterocycles. The second-order valence-corrected chi connectivity index (χ2v) is 8.66. The molecule has 1 aliphatic carbocycles. The predicted molar refractivity (Wildman–Crippen MR) is 123 cm³/mol. The Morgan fingerprint density at radius 1 is 1.12 bits per heavy atom. The SMILES string of the molecule is CC(N)c1cccc(-c2cc(-c3cncc(-c4ccc(=O)n(CC5CC5C)c4)n3)on2)c1. The minimum Gasteiger partial charge on any atom is -0.354 e. The molecule has 0 amide bonds. The molecule has 0 radical (unpaired) electrons. The lowest BCUT2D eigenvalue weighted by atomic mass is 10.0. The Kier molecular flexibility index (Phi) is 5.19. The van der Waals surface area contributed by atoms with Gasteiger partial charge in [0.05, 0.1) is 18.1 Å². The molecule has 0 bridgehead atoms. The van der Waals surface area contributed by atoms with Crippen molar-refractivity contribution in [1.29, 1.82) is 0 Å². The fraction of sp³-hybridized carbons (Fsp3) is 0.280. The topological polar surface area (TPSA) is 99.8 Å². The van der Waals surface area contributed by atoms with Crippen LogP contribution in [0.4, 0.5) is 0 Å². The summed E-state index contributed by atoms with van der Waals surface area (Å²) in [5.74, 6) is 1.79. The van der Waals surface area contributed by atoms with E-state index >= 15 is 0 Å². The van der Waals surface area contributed by atoms with E-state index < -0.39 is 0 Å². The lowest BCUT2D eigenvalue weighted by Gasteiger charge is -2.08. The number of aromatic nitrogens is 4. The molecule has 1 aliphatic rings. The summed E-state index contributed by atoms with van der Waals surface area (Å²) in [5, 5.41) is 4.21. The summed E-state index contributed by atoms with van der Waals surface area (Å²) in [5.41, 5.74) is 10.8. The summed E-state index contributed by atoms with van der Waals surface area (Å²) in [4.78, 5) is 21.3. The molecule has 1 saturated carbocycles. The van der Waals surface area contributed by atoms with Gasteiger partial charge >= 0.3 is 0 Å². The summed E-state index contributed by atoms with van der Waals surface area (Å²) in [7, 11) is 0. The summed E-state index contributed by atoms with van der Waals surface area (Å²) in [6.45, 7) is 4.91. The Hall–Kier alpha value is -3.58. The van der Waals surface area contributed by atoms with Crippen LogP contribution < -0.4 is 11.3 Å². The molecule has 1 aromatic carbocycles. The highest BCUT2D eigenvalue weighted by Gasteiger charge is 2.32. The molecule has 162 valence electrons. The van der Waals surface area contributed by atoms with Gasteiger partial charge in [-0.3, -0.25) is 9.78 Å². The van der Waals surface area contributed by atoms with E-state index in [0.717, 1.165) is 23.2 Å². The molecule has 0 saturated heterocycles. The van der Waals surface area contributed by atoms with E-state index in [4.69, 9.17) is 15.2 Å². The van der Waals surface area contributed by atoms with Crippen LogP contribution in [0.5, 0.6) is 0 Å². The van der Waals surface area contributed by atoms with Crippen molar-refractivity contribution in [2.75, 3.05) is 0 Å². The lowest BCUT2D eigenvalue weighted by molar-refractivity contribution is 0.433. The zero-order valence-electron chi connectivity index (χ0n) is 18.1. The molecule has 7 nitrogen and oxygen atoms in total. The highest BCUT2D eigenvalue weighted by molar-refractivity contribution is 5.67. The third-order valence-electron chi connectivity index (χ3n) is 6.09. The van der Waals surface area contributed by atoms with Gasteiger partial charge in [-0.2, -0.15) is 0 Å². The Morgan fingerprint density at radius 3 is 2.72 bits per heavy atom. The second-order valence-electron chi connectivity index (χ2n) is 8.66. The summed E-state index contributed by atoms with van der Waals surface area (Å²) < 4.78 is 7.35. The minimum absolute atomic E-state index is 0.00543. The molecule has 3 unspecified atom stereocenters. The molecule has 7 heteroatoms. The maximum Gasteiger partial charge on any atom is 0.250 e. The third kappa shape index (κ3) is 4.11. The zero-order valence-corrected chi connectivity index (χ0v) is 18.1. The van der Waals surface area contributed by atoms with E-state index in [9.17, 15) is 4.79 Å². The van der Waals surface area contributed by atoms with Gasteiger partial charge < -0.3 is 14.8 Å². The van der Waals surface area contributed by atoms with E-state index in [1.165, 1.54) is 6.42 Å². The molecule has 0 spiro atoms. The van der Waals surface area contributed by atoms with Gasteiger partial charge in [0.15, 0.2) is 5.76 Å². The van der Waals surface area contributed by atoms with Gasteiger partial charge in [0, 0.05) is 42.0 Å².